The molecule has 0 saturated carbocycles. The van der Waals surface area contributed by atoms with Gasteiger partial charge in [-0.1, -0.05) is 26.0 Å². The highest BCUT2D eigenvalue weighted by Crippen LogP contribution is 2.20. The SMILES string of the molecule is CC(C)CC1NC(=O)CNC(=O)C2CCCN2C(=O)C(C(C)O)NC(=O)C(CC(=O)c2ccccc2N)NC(=O)C(C)NC(=O)C(CC(N)=O)NC1=O. The molecule has 11 N–H and O–H groups in total. The maximum Gasteiger partial charge on any atom is 0.248 e. The summed E-state index contributed by atoms with van der Waals surface area (Å²) < 4.78 is 0. The molecule has 0 aliphatic carbocycles. The number of ketones is 1. The first kappa shape index (κ1) is 41.8. The minimum Gasteiger partial charge on any atom is -0.398 e. The van der Waals surface area contributed by atoms with E-state index in [9.17, 15) is 48.3 Å². The summed E-state index contributed by atoms with van der Waals surface area (Å²) in [4.78, 5) is 120. The van der Waals surface area contributed by atoms with Gasteiger partial charge >= 0.3 is 0 Å². The van der Waals surface area contributed by atoms with Crippen molar-refractivity contribution in [1.82, 2.24) is 36.8 Å². The Morgan fingerprint density at radius 3 is 2.06 bits per heavy atom. The molecule has 2 fully saturated rings. The van der Waals surface area contributed by atoms with Gasteiger partial charge in [-0.15, -0.1) is 0 Å². The zero-order valence-corrected chi connectivity index (χ0v) is 30.1. The summed E-state index contributed by atoms with van der Waals surface area (Å²) in [5.74, 6) is -7.99. The molecule has 0 bridgehead atoms. The second-order valence-corrected chi connectivity index (χ2v) is 13.6. The van der Waals surface area contributed by atoms with E-state index in [4.69, 9.17) is 11.5 Å². The Kier molecular flexibility index (Phi) is 14.8. The molecule has 1 aromatic rings. The number of hydrogen-bond donors (Lipinski definition) is 9. The molecule has 3 rings (SSSR count). The number of aliphatic hydroxyl groups excluding tert-OH is 1. The molecule has 19 nitrogen and oxygen atoms in total. The third-order valence-electron chi connectivity index (χ3n) is 8.74. The number of nitrogens with zero attached hydrogens (tertiary/aromatic N) is 1. The monoisotopic (exact) mass is 743 g/mol. The number of carbonyl (C=O) groups is 9. The van der Waals surface area contributed by atoms with Crippen molar-refractivity contribution in [2.24, 2.45) is 11.7 Å². The molecule has 0 aromatic heterocycles. The predicted molar refractivity (Wildman–Crippen MR) is 188 cm³/mol. The number of nitrogen functional groups attached to an aromatic ring is 1. The third-order valence-corrected chi connectivity index (χ3v) is 8.74. The number of rotatable bonds is 8. The molecule has 2 aliphatic rings. The Morgan fingerprint density at radius 1 is 0.830 bits per heavy atom. The normalized spacial score (nSPS) is 26.2. The van der Waals surface area contributed by atoms with Crippen LogP contribution in [0.2, 0.25) is 0 Å². The lowest BCUT2D eigenvalue weighted by atomic mass is 10.0. The van der Waals surface area contributed by atoms with Crippen molar-refractivity contribution in [2.45, 2.75) is 102 Å². The summed E-state index contributed by atoms with van der Waals surface area (Å²) in [6.45, 7) is 5.50. The maximum atomic E-state index is 13.8. The van der Waals surface area contributed by atoms with Gasteiger partial charge in [0, 0.05) is 24.2 Å². The van der Waals surface area contributed by atoms with Crippen molar-refractivity contribution < 1.29 is 48.3 Å². The van der Waals surface area contributed by atoms with Crippen molar-refractivity contribution in [3.63, 3.8) is 0 Å². The van der Waals surface area contributed by atoms with Crippen LogP contribution in [0.4, 0.5) is 5.69 Å². The number of anilines is 1. The summed E-state index contributed by atoms with van der Waals surface area (Å²) in [5, 5.41) is 25.1. The van der Waals surface area contributed by atoms with E-state index in [2.05, 4.69) is 31.9 Å². The van der Waals surface area contributed by atoms with Gasteiger partial charge in [-0.3, -0.25) is 43.2 Å². The van der Waals surface area contributed by atoms with Crippen molar-refractivity contribution in [3.8, 4) is 0 Å². The molecule has 0 radical (unpaired) electrons. The van der Waals surface area contributed by atoms with Crippen molar-refractivity contribution in [1.29, 1.82) is 0 Å². The minimum atomic E-state index is -1.68. The molecule has 7 atom stereocenters. The average Bonchev–Trinajstić information content (AvgIpc) is 3.57. The highest BCUT2D eigenvalue weighted by Gasteiger charge is 2.41. The summed E-state index contributed by atoms with van der Waals surface area (Å²) >= 11 is 0. The van der Waals surface area contributed by atoms with Gasteiger partial charge in [-0.2, -0.15) is 0 Å². The minimum absolute atomic E-state index is 0.0427. The Bertz CT molecular complexity index is 1600. The Morgan fingerprint density at radius 2 is 1.43 bits per heavy atom. The average molecular weight is 744 g/mol. The van der Waals surface area contributed by atoms with E-state index in [1.165, 1.54) is 26.0 Å². The number of para-hydroxylation sites is 1. The van der Waals surface area contributed by atoms with Gasteiger partial charge in [0.15, 0.2) is 5.78 Å². The largest absolute Gasteiger partial charge is 0.398 e. The van der Waals surface area contributed by atoms with Gasteiger partial charge in [0.1, 0.15) is 36.3 Å². The molecule has 7 unspecified atom stereocenters. The molecule has 8 amide bonds. The van der Waals surface area contributed by atoms with Crippen LogP contribution in [-0.2, 0) is 38.4 Å². The van der Waals surface area contributed by atoms with E-state index in [-0.39, 0.29) is 36.6 Å². The number of amides is 8. The number of fused-ring (bicyclic) bond motifs is 1. The number of benzene rings is 1. The standard InChI is InChI=1S/C34H49N9O10/c1-16(2)12-21-31(50)41-23(14-26(36)46)30(49)38-17(3)29(48)40-22(13-25(45)19-8-5-6-9-20(19)35)32(51)42-28(18(4)44)34(53)43-11-7-10-24(43)33(52)37-15-27(47)39-21/h5-6,8-9,16-18,21-24,28,44H,7,10-15,35H2,1-4H3,(H2,36,46)(H,37,52)(H,38,49)(H,39,47)(H,40,48)(H,41,50)(H,42,51). The van der Waals surface area contributed by atoms with Crippen molar-refractivity contribution in [2.75, 3.05) is 18.8 Å². The number of Topliss-reactive ketones (excluding diaryl/α,β-unsaturated/α-hetero) is 1. The maximum absolute atomic E-state index is 13.8. The number of primary amides is 1. The van der Waals surface area contributed by atoms with Gasteiger partial charge in [-0.25, -0.2) is 0 Å². The molecule has 2 heterocycles. The van der Waals surface area contributed by atoms with Crippen LogP contribution in [0.3, 0.4) is 0 Å². The lowest BCUT2D eigenvalue weighted by Crippen LogP contribution is -2.61. The van der Waals surface area contributed by atoms with Crippen molar-refractivity contribution in [3.05, 3.63) is 29.8 Å². The molecular formula is C34H49N9O10. The lowest BCUT2D eigenvalue weighted by molar-refractivity contribution is -0.144. The van der Waals surface area contributed by atoms with E-state index < -0.39 is 115 Å². The van der Waals surface area contributed by atoms with Crippen molar-refractivity contribution >= 4 is 58.7 Å². The fraction of sp³-hybridized carbons (Fsp3) is 0.559. The summed E-state index contributed by atoms with van der Waals surface area (Å²) in [6, 6.07) is -2.63. The Balaban J connectivity index is 2.03. The molecule has 1 aromatic carbocycles. The van der Waals surface area contributed by atoms with Crippen LogP contribution in [0.15, 0.2) is 24.3 Å². The third kappa shape index (κ3) is 11.7. The number of carbonyl (C=O) groups excluding carboxylic acids is 9. The Labute approximate surface area is 306 Å². The number of nitrogens with one attached hydrogen (secondary N) is 6. The molecule has 53 heavy (non-hydrogen) atoms. The zero-order valence-electron chi connectivity index (χ0n) is 30.1. The van der Waals surface area contributed by atoms with E-state index in [0.717, 1.165) is 4.90 Å². The number of hydrogen-bond acceptors (Lipinski definition) is 11. The molecule has 2 saturated heterocycles. The molecular weight excluding hydrogens is 694 g/mol. The van der Waals surface area contributed by atoms with Crippen LogP contribution in [0, 0.1) is 5.92 Å². The quantitative estimate of drug-likeness (QED) is 0.0939. The Hall–Kier alpha value is -5.59. The van der Waals surface area contributed by atoms with Gasteiger partial charge < -0.3 is 53.4 Å². The van der Waals surface area contributed by atoms with Crippen LogP contribution in [0.25, 0.3) is 0 Å². The lowest BCUT2D eigenvalue weighted by Gasteiger charge is -2.31. The fourth-order valence-electron chi connectivity index (χ4n) is 5.97. The van der Waals surface area contributed by atoms with E-state index in [1.807, 2.05) is 0 Å². The highest BCUT2D eigenvalue weighted by atomic mass is 16.3. The highest BCUT2D eigenvalue weighted by molar-refractivity contribution is 6.05. The van der Waals surface area contributed by atoms with Crippen LogP contribution in [0.1, 0.15) is 70.2 Å². The first-order valence-corrected chi connectivity index (χ1v) is 17.3. The first-order chi connectivity index (χ1) is 24.9. The van der Waals surface area contributed by atoms with Gasteiger partial charge in [0.25, 0.3) is 0 Å². The van der Waals surface area contributed by atoms with Crippen LogP contribution < -0.4 is 43.4 Å². The summed E-state index contributed by atoms with van der Waals surface area (Å²) in [7, 11) is 0. The van der Waals surface area contributed by atoms with Crippen LogP contribution >= 0.6 is 0 Å². The second-order valence-electron chi connectivity index (χ2n) is 13.6. The molecule has 2 aliphatic heterocycles. The first-order valence-electron chi connectivity index (χ1n) is 17.3. The topological polar surface area (TPSA) is 301 Å². The van der Waals surface area contributed by atoms with E-state index in [0.29, 0.717) is 6.42 Å². The fourth-order valence-corrected chi connectivity index (χ4v) is 5.97. The molecule has 19 heteroatoms. The van der Waals surface area contributed by atoms with E-state index >= 15 is 0 Å². The van der Waals surface area contributed by atoms with Crippen LogP contribution in [0.5, 0.6) is 0 Å². The van der Waals surface area contributed by atoms with E-state index in [1.54, 1.807) is 26.0 Å². The second kappa shape index (κ2) is 18.8. The van der Waals surface area contributed by atoms with Gasteiger partial charge in [0.2, 0.25) is 47.3 Å². The summed E-state index contributed by atoms with van der Waals surface area (Å²) in [6.07, 6.45) is -2.19. The van der Waals surface area contributed by atoms with Gasteiger partial charge in [0.05, 0.1) is 19.1 Å². The number of aliphatic hydroxyl groups is 1. The molecule has 0 spiro atoms. The number of nitrogens with two attached hydrogens (primary N) is 2. The smallest absolute Gasteiger partial charge is 0.248 e. The zero-order chi connectivity index (χ0) is 39.6. The summed E-state index contributed by atoms with van der Waals surface area (Å²) in [5.41, 5.74) is 11.4. The van der Waals surface area contributed by atoms with Gasteiger partial charge in [-0.05, 0) is 51.2 Å². The molecule has 290 valence electrons. The predicted octanol–water partition coefficient (Wildman–Crippen LogP) is -3.29. The van der Waals surface area contributed by atoms with Crippen LogP contribution in [-0.4, -0.2) is 118 Å².